The van der Waals surface area contributed by atoms with Gasteiger partial charge in [0, 0.05) is 72.7 Å². The first-order valence-corrected chi connectivity index (χ1v) is 58.3. The summed E-state index contributed by atoms with van der Waals surface area (Å²) < 4.78 is 15.9. The van der Waals surface area contributed by atoms with Crippen molar-refractivity contribution in [3.05, 3.63) is 57.6 Å². The van der Waals surface area contributed by atoms with Crippen molar-refractivity contribution in [3.8, 4) is 0 Å². The summed E-state index contributed by atoms with van der Waals surface area (Å²) in [5.41, 5.74) is 8.80. The molecule has 0 bridgehead atoms. The smallest absolute Gasteiger partial charge is 0.406 e. The predicted molar refractivity (Wildman–Crippen MR) is 323 cm³/mol. The maximum absolute atomic E-state index is 7.70. The lowest BCUT2D eigenvalue weighted by molar-refractivity contribution is 0.00578. The van der Waals surface area contributed by atoms with Crippen LogP contribution in [0.15, 0.2) is 24.3 Å². The van der Waals surface area contributed by atoms with Crippen LogP contribution in [0.4, 0.5) is 0 Å². The number of benzene rings is 2. The second kappa shape index (κ2) is 17.1. The molecule has 0 spiro atoms. The number of rotatable bonds is 15. The van der Waals surface area contributed by atoms with Gasteiger partial charge in [-0.3, -0.25) is 0 Å². The van der Waals surface area contributed by atoms with E-state index in [1.807, 2.05) is 11.1 Å². The third-order valence-electron chi connectivity index (χ3n) is 17.2. The molecule has 0 amide bonds. The summed E-state index contributed by atoms with van der Waals surface area (Å²) in [4.78, 5) is 0. The Bertz CT molecular complexity index is 1830. The quantitative estimate of drug-likeness (QED) is 0.166. The van der Waals surface area contributed by atoms with Gasteiger partial charge in [-0.15, -0.1) is 0 Å². The molecule has 1 saturated heterocycles. The fourth-order valence-corrected chi connectivity index (χ4v) is 113. The van der Waals surface area contributed by atoms with Gasteiger partial charge in [0.15, 0.2) is 8.67 Å². The molecule has 2 aromatic carbocycles. The zero-order valence-corrected chi connectivity index (χ0v) is 59.2. The van der Waals surface area contributed by atoms with Crippen molar-refractivity contribution in [1.29, 1.82) is 0 Å². The zero-order valence-electron chi connectivity index (χ0n) is 49.2. The van der Waals surface area contributed by atoms with E-state index in [-0.39, 0.29) is 19.6 Å². The second-order valence-corrected chi connectivity index (χ2v) is 85.3. The number of hydrogen-bond donors (Lipinski definition) is 0. The highest BCUT2D eigenvalue weighted by Crippen LogP contribution is 2.57. The molecule has 0 saturated carbocycles. The molecule has 0 aromatic heterocycles. The Hall–Kier alpha value is 0.594. The summed E-state index contributed by atoms with van der Waals surface area (Å²) in [6.45, 7) is 91.9. The van der Waals surface area contributed by atoms with Gasteiger partial charge in [-0.2, -0.15) is 0 Å². The highest BCUT2D eigenvalue weighted by atomic mass is 28.5. The van der Waals surface area contributed by atoms with Crippen molar-refractivity contribution >= 4 is 98.4 Å². The average Bonchev–Trinajstić information content (AvgIpc) is 3.14. The Morgan fingerprint density at radius 2 is 0.609 bits per heavy atom. The van der Waals surface area contributed by atoms with Crippen LogP contribution in [0.1, 0.15) is 61.1 Å². The molecule has 1 fully saturated rings. The molecule has 365 valence electrons. The van der Waals surface area contributed by atoms with E-state index in [0.29, 0.717) is 0 Å². The Balaban J connectivity index is 3.39. The lowest BCUT2D eigenvalue weighted by Crippen LogP contribution is -2.80. The molecule has 1 aliphatic heterocycles. The Kier molecular flexibility index (Phi) is 15.8. The van der Waals surface area contributed by atoms with Crippen LogP contribution in [0.25, 0.3) is 0 Å². The molecular formula is C51H106BO2Si10. The van der Waals surface area contributed by atoms with Crippen LogP contribution >= 0.6 is 0 Å². The highest BCUT2D eigenvalue weighted by molar-refractivity contribution is 7.30. The first kappa shape index (κ1) is 58.9. The SMILES string of the molecule is Cc1cc(C)c([Si](B2OC(C)(C)C(C)(C)O2)c2c(C([Si](C)(C)C)([Si](C)(C)C)[Si](C)(C)C)cc(C([Si](C)(C)C)([Si](C)(C)C)[Si](C)(C)C)cc2C([Si](C)(C)C)([Si](C)(C)C)[Si](C)(C)C)c(C)c1. The molecule has 1 heterocycles. The first-order chi connectivity index (χ1) is 27.7. The fourth-order valence-electron chi connectivity index (χ4n) is 18.5. The third kappa shape index (κ3) is 8.98. The minimum absolute atomic E-state index is 0.146. The Morgan fingerprint density at radius 3 is 0.828 bits per heavy atom. The summed E-state index contributed by atoms with van der Waals surface area (Å²) in [6.07, 6.45) is 0. The lowest BCUT2D eigenvalue weighted by Gasteiger charge is -2.65. The summed E-state index contributed by atoms with van der Waals surface area (Å²) in [7, 11) is -20.1. The summed E-state index contributed by atoms with van der Waals surface area (Å²) in [5, 5.41) is 3.33. The van der Waals surface area contributed by atoms with Crippen molar-refractivity contribution in [2.45, 2.75) is 249 Å². The first-order valence-electron chi connectivity index (χ1n) is 25.2. The van der Waals surface area contributed by atoms with E-state index in [0.717, 1.165) is 0 Å². The topological polar surface area (TPSA) is 18.5 Å². The molecule has 0 atom stereocenters. The minimum Gasteiger partial charge on any atom is -0.406 e. The Labute approximate surface area is 411 Å². The predicted octanol–water partition coefficient (Wildman–Crippen LogP) is 15.0. The van der Waals surface area contributed by atoms with Gasteiger partial charge in [0.2, 0.25) is 0 Å². The monoisotopic (exact) mass is 1040 g/mol. The zero-order chi connectivity index (χ0) is 51.0. The summed E-state index contributed by atoms with van der Waals surface area (Å²) >= 11 is 0. The minimum atomic E-state index is -2.07. The van der Waals surface area contributed by atoms with Gasteiger partial charge in [0.1, 0.15) is 0 Å². The fraction of sp³-hybridized carbons (Fsp3) is 0.765. The van der Waals surface area contributed by atoms with Gasteiger partial charge in [0.05, 0.1) is 11.2 Å². The van der Waals surface area contributed by atoms with Gasteiger partial charge >= 0.3 is 6.71 Å². The van der Waals surface area contributed by atoms with Crippen LogP contribution in [-0.4, -0.2) is 99.2 Å². The maximum Gasteiger partial charge on any atom is 0.442 e. The van der Waals surface area contributed by atoms with Crippen molar-refractivity contribution in [1.82, 2.24) is 0 Å². The molecule has 0 unspecified atom stereocenters. The average molecular weight is 1040 g/mol. The van der Waals surface area contributed by atoms with E-state index in [1.54, 1.807) is 15.9 Å². The maximum atomic E-state index is 7.70. The van der Waals surface area contributed by atoms with Crippen molar-refractivity contribution < 1.29 is 9.31 Å². The van der Waals surface area contributed by atoms with Crippen LogP contribution in [-0.2, 0) is 22.2 Å². The van der Waals surface area contributed by atoms with E-state index in [2.05, 4.69) is 250 Å². The lowest BCUT2D eigenvalue weighted by atomic mass is 9.90. The van der Waals surface area contributed by atoms with E-state index in [4.69, 9.17) is 9.31 Å². The Morgan fingerprint density at radius 1 is 0.375 bits per heavy atom. The van der Waals surface area contributed by atoms with Crippen LogP contribution < -0.4 is 10.4 Å². The van der Waals surface area contributed by atoms with Gasteiger partial charge in [-0.25, -0.2) is 0 Å². The summed E-state index contributed by atoms with van der Waals surface area (Å²) in [6, 6.07) is 11.2. The van der Waals surface area contributed by atoms with Crippen molar-refractivity contribution in [2.75, 3.05) is 0 Å². The standard InChI is InChI=1S/C51H106BO2Si10/c1-39-35-40(2)45(41(3)36-39)55(52-53-47(4,5)48(6,7)54-52)46-43(50(59(17,18)19,60(20,21)22)61(23,24)25)37-42(49(56(8,9)10,57(11,12)13)58(14,15)16)38-44(46)51(62(26,27)28,63(29,30)31)64(32,33)34/h35-38H,1-34H3. The molecule has 2 aromatic rings. The van der Waals surface area contributed by atoms with E-state index >= 15 is 0 Å². The van der Waals surface area contributed by atoms with Gasteiger partial charge in [-0.1, -0.05) is 239 Å². The van der Waals surface area contributed by atoms with Gasteiger partial charge in [-0.05, 0) is 66.9 Å². The van der Waals surface area contributed by atoms with Crippen LogP contribution in [0.5, 0.6) is 0 Å². The number of hydrogen-bond acceptors (Lipinski definition) is 2. The van der Waals surface area contributed by atoms with Crippen LogP contribution in [0.3, 0.4) is 0 Å². The van der Waals surface area contributed by atoms with Crippen molar-refractivity contribution in [3.63, 3.8) is 0 Å². The van der Waals surface area contributed by atoms with Gasteiger partial charge < -0.3 is 9.31 Å². The molecule has 1 aliphatic rings. The molecule has 2 nitrogen and oxygen atoms in total. The normalized spacial score (nSPS) is 18.1. The van der Waals surface area contributed by atoms with E-state index < -0.39 is 92.5 Å². The van der Waals surface area contributed by atoms with Gasteiger partial charge in [0.25, 0.3) is 0 Å². The van der Waals surface area contributed by atoms with E-state index in [9.17, 15) is 0 Å². The van der Waals surface area contributed by atoms with Crippen LogP contribution in [0, 0.1) is 20.8 Å². The van der Waals surface area contributed by atoms with E-state index in [1.165, 1.54) is 16.7 Å². The second-order valence-electron chi connectivity index (χ2n) is 31.2. The molecule has 13 heteroatoms. The number of aryl methyl sites for hydroxylation is 3. The molecule has 3 rings (SSSR count). The molecular weight excluding hydrogens is 936 g/mol. The summed E-state index contributed by atoms with van der Waals surface area (Å²) in [5.74, 6) is 0. The molecule has 1 radical (unpaired) electrons. The highest BCUT2D eigenvalue weighted by Gasteiger charge is 2.69. The van der Waals surface area contributed by atoms with Crippen LogP contribution in [0.2, 0.25) is 177 Å². The third-order valence-corrected chi connectivity index (χ3v) is 83.6. The molecule has 0 N–H and O–H groups in total. The molecule has 64 heavy (non-hydrogen) atoms. The van der Waals surface area contributed by atoms with Crippen molar-refractivity contribution in [2.24, 2.45) is 0 Å². The molecule has 0 aliphatic carbocycles. The largest absolute Gasteiger partial charge is 0.442 e.